The van der Waals surface area contributed by atoms with Crippen LogP contribution in [-0.2, 0) is 6.42 Å². The molecule has 0 heterocycles. The smallest absolute Gasteiger partial charge is 0.127 e. The Kier molecular flexibility index (Phi) is 2.28. The first-order valence-corrected chi connectivity index (χ1v) is 5.05. The summed E-state index contributed by atoms with van der Waals surface area (Å²) >= 11 is 5.85. The summed E-state index contributed by atoms with van der Waals surface area (Å²) in [6.07, 6.45) is 2.12. The minimum atomic E-state index is -0.592. The van der Waals surface area contributed by atoms with Gasteiger partial charge in [-0.05, 0) is 37.5 Å². The van der Waals surface area contributed by atoms with Crippen molar-refractivity contribution in [3.05, 3.63) is 34.1 Å². The quantitative estimate of drug-likeness (QED) is 0.803. The lowest BCUT2D eigenvalue weighted by Crippen LogP contribution is -2.11. The number of hydrogen-bond acceptors (Lipinski definition) is 1. The Morgan fingerprint density at radius 1 is 1.50 bits per heavy atom. The van der Waals surface area contributed by atoms with Gasteiger partial charge in [0.1, 0.15) is 5.82 Å². The number of hydrogen-bond donors (Lipinski definition) is 1. The van der Waals surface area contributed by atoms with E-state index in [2.05, 4.69) is 0 Å². The summed E-state index contributed by atoms with van der Waals surface area (Å²) in [5.41, 5.74) is 0.654. The molecule has 3 heteroatoms. The Balaban J connectivity index is 2.26. The fourth-order valence-electron chi connectivity index (χ4n) is 1.50. The molecule has 1 aliphatic carbocycles. The van der Waals surface area contributed by atoms with E-state index in [1.807, 2.05) is 0 Å². The molecule has 1 aliphatic rings. The second-order valence-electron chi connectivity index (χ2n) is 4.09. The zero-order chi connectivity index (χ0) is 10.3. The van der Waals surface area contributed by atoms with E-state index in [4.69, 9.17) is 11.6 Å². The molecule has 0 aromatic heterocycles. The topological polar surface area (TPSA) is 20.2 Å². The number of halogens is 2. The van der Waals surface area contributed by atoms with Crippen LogP contribution in [0.25, 0.3) is 0 Å². The van der Waals surface area contributed by atoms with Crippen LogP contribution in [0.1, 0.15) is 24.0 Å². The molecule has 0 radical (unpaired) electrons. The van der Waals surface area contributed by atoms with Crippen LogP contribution < -0.4 is 0 Å². The third-order valence-corrected chi connectivity index (χ3v) is 3.09. The van der Waals surface area contributed by atoms with Gasteiger partial charge in [0, 0.05) is 17.0 Å². The van der Waals surface area contributed by atoms with Gasteiger partial charge < -0.3 is 5.11 Å². The van der Waals surface area contributed by atoms with E-state index in [0.717, 1.165) is 18.4 Å². The van der Waals surface area contributed by atoms with Gasteiger partial charge in [0.2, 0.25) is 0 Å². The molecule has 0 atom stereocenters. The van der Waals surface area contributed by atoms with Crippen LogP contribution in [0.5, 0.6) is 0 Å². The van der Waals surface area contributed by atoms with Gasteiger partial charge in [-0.3, -0.25) is 0 Å². The van der Waals surface area contributed by atoms with Crippen LogP contribution in [0.3, 0.4) is 0 Å². The van der Waals surface area contributed by atoms with E-state index in [1.165, 1.54) is 6.07 Å². The molecule has 0 aliphatic heterocycles. The summed E-state index contributed by atoms with van der Waals surface area (Å²) in [5, 5.41) is 10.1. The van der Waals surface area contributed by atoms with Gasteiger partial charge in [0.25, 0.3) is 0 Å². The zero-order valence-electron chi connectivity index (χ0n) is 7.98. The van der Waals surface area contributed by atoms with Crippen LogP contribution in [0.2, 0.25) is 5.02 Å². The molecular formula is C11H12ClFO. The molecule has 1 fully saturated rings. The highest BCUT2D eigenvalue weighted by molar-refractivity contribution is 6.31. The molecule has 0 bridgehead atoms. The van der Waals surface area contributed by atoms with Crippen molar-refractivity contribution in [1.29, 1.82) is 0 Å². The molecular weight excluding hydrogens is 203 g/mol. The van der Waals surface area contributed by atoms with Crippen molar-refractivity contribution in [3.63, 3.8) is 0 Å². The van der Waals surface area contributed by atoms with Gasteiger partial charge in [-0.1, -0.05) is 11.6 Å². The van der Waals surface area contributed by atoms with Gasteiger partial charge in [-0.25, -0.2) is 4.39 Å². The first kappa shape index (κ1) is 9.94. The third kappa shape index (κ3) is 1.91. The van der Waals surface area contributed by atoms with Gasteiger partial charge in [-0.2, -0.15) is 0 Å². The molecule has 0 saturated heterocycles. The van der Waals surface area contributed by atoms with Gasteiger partial charge >= 0.3 is 0 Å². The summed E-state index contributed by atoms with van der Waals surface area (Å²) in [5.74, 6) is -0.295. The van der Waals surface area contributed by atoms with E-state index in [-0.39, 0.29) is 5.82 Å². The van der Waals surface area contributed by atoms with Crippen molar-refractivity contribution in [1.82, 2.24) is 0 Å². The van der Waals surface area contributed by atoms with Crippen LogP contribution >= 0.6 is 11.6 Å². The molecule has 0 spiro atoms. The predicted octanol–water partition coefficient (Wildman–Crippen LogP) is 2.85. The van der Waals surface area contributed by atoms with Crippen molar-refractivity contribution in [2.45, 2.75) is 31.8 Å². The Morgan fingerprint density at radius 3 is 2.64 bits per heavy atom. The maximum absolute atomic E-state index is 13.3. The molecule has 1 aromatic rings. The molecule has 1 saturated carbocycles. The van der Waals surface area contributed by atoms with Crippen molar-refractivity contribution < 1.29 is 9.50 Å². The maximum atomic E-state index is 13.3. The lowest BCUT2D eigenvalue weighted by atomic mass is 10.0. The average Bonchev–Trinajstić information content (AvgIpc) is 2.79. The highest BCUT2D eigenvalue weighted by atomic mass is 35.5. The molecule has 1 N–H and O–H groups in total. The fourth-order valence-corrected chi connectivity index (χ4v) is 1.73. The van der Waals surface area contributed by atoms with Crippen molar-refractivity contribution in [2.24, 2.45) is 0 Å². The molecule has 1 nitrogen and oxygen atoms in total. The van der Waals surface area contributed by atoms with Crippen molar-refractivity contribution >= 4 is 11.6 Å². The van der Waals surface area contributed by atoms with Crippen LogP contribution in [0, 0.1) is 12.7 Å². The summed E-state index contributed by atoms with van der Waals surface area (Å²) in [6, 6.07) is 3.19. The summed E-state index contributed by atoms with van der Waals surface area (Å²) in [7, 11) is 0. The molecule has 0 amide bonds. The largest absolute Gasteiger partial charge is 0.390 e. The third-order valence-electron chi connectivity index (χ3n) is 2.70. The minimum absolute atomic E-state index is 0.295. The van der Waals surface area contributed by atoms with E-state index in [1.54, 1.807) is 13.0 Å². The molecule has 2 rings (SSSR count). The Hall–Kier alpha value is -0.600. The van der Waals surface area contributed by atoms with Crippen LogP contribution in [0.15, 0.2) is 12.1 Å². The van der Waals surface area contributed by atoms with Crippen LogP contribution in [0.4, 0.5) is 4.39 Å². The number of rotatable bonds is 2. The Labute approximate surface area is 87.5 Å². The molecule has 76 valence electrons. The van der Waals surface area contributed by atoms with E-state index in [9.17, 15) is 9.50 Å². The summed E-state index contributed by atoms with van der Waals surface area (Å²) in [4.78, 5) is 0. The van der Waals surface area contributed by atoms with E-state index < -0.39 is 5.60 Å². The number of aliphatic hydroxyl groups is 1. The molecule has 1 aromatic carbocycles. The minimum Gasteiger partial charge on any atom is -0.390 e. The highest BCUT2D eigenvalue weighted by Crippen LogP contribution is 2.38. The standard InChI is InChI=1S/C11H12ClFO/c1-7-9(12)4-8(5-10(7)13)6-11(14)2-3-11/h4-5,14H,2-3,6H2,1H3. The zero-order valence-corrected chi connectivity index (χ0v) is 8.74. The summed E-state index contributed by atoms with van der Waals surface area (Å²) < 4.78 is 13.3. The molecule has 0 unspecified atom stereocenters. The van der Waals surface area contributed by atoms with Crippen LogP contribution in [-0.4, -0.2) is 10.7 Å². The second-order valence-corrected chi connectivity index (χ2v) is 4.49. The predicted molar refractivity (Wildman–Crippen MR) is 54.0 cm³/mol. The highest BCUT2D eigenvalue weighted by Gasteiger charge is 2.40. The second kappa shape index (κ2) is 3.21. The SMILES string of the molecule is Cc1c(F)cc(CC2(O)CC2)cc1Cl. The first-order valence-electron chi connectivity index (χ1n) is 4.67. The molecule has 14 heavy (non-hydrogen) atoms. The fraction of sp³-hybridized carbons (Fsp3) is 0.455. The van der Waals surface area contributed by atoms with Gasteiger partial charge in [-0.15, -0.1) is 0 Å². The maximum Gasteiger partial charge on any atom is 0.127 e. The monoisotopic (exact) mass is 214 g/mol. The van der Waals surface area contributed by atoms with Gasteiger partial charge in [0.15, 0.2) is 0 Å². The average molecular weight is 215 g/mol. The lowest BCUT2D eigenvalue weighted by molar-refractivity contribution is 0.151. The summed E-state index contributed by atoms with van der Waals surface area (Å²) in [6.45, 7) is 1.65. The van der Waals surface area contributed by atoms with Crippen molar-refractivity contribution in [3.8, 4) is 0 Å². The van der Waals surface area contributed by atoms with E-state index in [0.29, 0.717) is 17.0 Å². The van der Waals surface area contributed by atoms with Gasteiger partial charge in [0.05, 0.1) is 5.60 Å². The lowest BCUT2D eigenvalue weighted by Gasteiger charge is -2.09. The van der Waals surface area contributed by atoms with Crippen molar-refractivity contribution in [2.75, 3.05) is 0 Å². The number of benzene rings is 1. The normalized spacial score (nSPS) is 18.3. The first-order chi connectivity index (χ1) is 6.50. The Morgan fingerprint density at radius 2 is 2.14 bits per heavy atom. The Bertz CT molecular complexity index is 349. The van der Waals surface area contributed by atoms with E-state index >= 15 is 0 Å².